The van der Waals surface area contributed by atoms with Gasteiger partial charge in [-0.05, 0) is 44.0 Å². The highest BCUT2D eigenvalue weighted by Gasteiger charge is 2.54. The Morgan fingerprint density at radius 3 is 2.45 bits per heavy atom. The van der Waals surface area contributed by atoms with Crippen molar-refractivity contribution in [3.8, 4) is 5.75 Å². The highest BCUT2D eigenvalue weighted by atomic mass is 35.5. The number of hydrogen-bond acceptors (Lipinski definition) is 7. The van der Waals surface area contributed by atoms with Crippen LogP contribution in [0.3, 0.4) is 0 Å². The van der Waals surface area contributed by atoms with E-state index in [1.807, 2.05) is 0 Å². The highest BCUT2D eigenvalue weighted by molar-refractivity contribution is 8.00. The van der Waals surface area contributed by atoms with Gasteiger partial charge in [0.2, 0.25) is 5.91 Å². The maximum Gasteiger partial charge on any atom is 0.408 e. The fourth-order valence-corrected chi connectivity index (χ4v) is 5.09. The molecule has 0 radical (unpaired) electrons. The Bertz CT molecular complexity index is 1010. The second-order valence-corrected chi connectivity index (χ2v) is 9.83. The number of carboxylic acids is 1. The number of alkyl carbamates (subject to hydrolysis) is 1. The number of thioether (sulfide) groups is 1. The average molecular weight is 498 g/mol. The smallest absolute Gasteiger partial charge is 0.408 e. The molecule has 0 saturated carbocycles. The van der Waals surface area contributed by atoms with Gasteiger partial charge in [0.25, 0.3) is 5.91 Å². The van der Waals surface area contributed by atoms with E-state index in [0.29, 0.717) is 16.9 Å². The Morgan fingerprint density at radius 2 is 1.91 bits per heavy atom. The summed E-state index contributed by atoms with van der Waals surface area (Å²) in [6, 6.07) is 3.44. The number of nitrogens with one attached hydrogen (secondary N) is 2. The van der Waals surface area contributed by atoms with E-state index in [2.05, 4.69) is 10.6 Å². The average Bonchev–Trinajstić information content (AvgIpc) is 2.73. The molecule has 178 valence electrons. The Kier molecular flexibility index (Phi) is 7.13. The van der Waals surface area contributed by atoms with Crippen molar-refractivity contribution in [1.29, 1.82) is 0 Å². The van der Waals surface area contributed by atoms with E-state index in [-0.39, 0.29) is 17.3 Å². The number of alkyl halides is 1. The molecule has 0 aliphatic carbocycles. The third-order valence-electron chi connectivity index (χ3n) is 4.86. The molecule has 1 aromatic rings. The molecule has 33 heavy (non-hydrogen) atoms. The number of ether oxygens (including phenoxy) is 1. The van der Waals surface area contributed by atoms with Crippen LogP contribution in [0.1, 0.15) is 32.4 Å². The van der Waals surface area contributed by atoms with Crippen LogP contribution < -0.4 is 10.6 Å². The lowest BCUT2D eigenvalue weighted by atomic mass is 10.0. The van der Waals surface area contributed by atoms with Crippen molar-refractivity contribution in [2.45, 2.75) is 43.8 Å². The number of carbonyl (C=O) groups is 4. The standard InChI is InChI=1S/C21H24ClN3O7S/c1-21(2,3)32-20(31)24-13(10-4-6-12(26)7-5-10)16(27)23-14-17(28)25-15(19(29)30)11(8-22)9-33-18(14)25/h4-7,13-14,18,26H,8-9H2,1-3H3,(H,23,27)(H,24,31)(H,29,30)/t13?,14-,18-/m1/s1. The van der Waals surface area contributed by atoms with Gasteiger partial charge >= 0.3 is 12.1 Å². The molecule has 1 fully saturated rings. The first-order chi connectivity index (χ1) is 15.4. The number of fused-ring (bicyclic) bond motifs is 1. The predicted octanol–water partition coefficient (Wildman–Crippen LogP) is 1.94. The molecule has 0 aromatic heterocycles. The fraction of sp³-hybridized carbons (Fsp3) is 0.429. The Balaban J connectivity index is 1.79. The summed E-state index contributed by atoms with van der Waals surface area (Å²) in [7, 11) is 0. The van der Waals surface area contributed by atoms with Gasteiger partial charge in [0.15, 0.2) is 0 Å². The highest BCUT2D eigenvalue weighted by Crippen LogP contribution is 2.40. The molecule has 0 spiro atoms. The molecule has 3 rings (SSSR count). The molecular formula is C21H24ClN3O7S. The van der Waals surface area contributed by atoms with E-state index in [1.54, 1.807) is 20.8 Å². The van der Waals surface area contributed by atoms with Crippen LogP contribution in [0.5, 0.6) is 5.75 Å². The summed E-state index contributed by atoms with van der Waals surface area (Å²) in [6.07, 6.45) is -0.841. The van der Waals surface area contributed by atoms with E-state index in [0.717, 1.165) is 4.90 Å². The number of halogens is 1. The maximum atomic E-state index is 13.1. The minimum atomic E-state index is -1.26. The number of β-lactam (4-membered cyclic amide) rings is 1. The number of aromatic hydroxyl groups is 1. The van der Waals surface area contributed by atoms with Crippen LogP contribution in [0.15, 0.2) is 35.5 Å². The lowest BCUT2D eigenvalue weighted by Gasteiger charge is -2.49. The number of phenolic OH excluding ortho intramolecular Hbond substituents is 1. The van der Waals surface area contributed by atoms with Gasteiger partial charge in [-0.2, -0.15) is 0 Å². The molecule has 3 atom stereocenters. The first-order valence-electron chi connectivity index (χ1n) is 9.97. The molecular weight excluding hydrogens is 474 g/mol. The number of amides is 3. The summed E-state index contributed by atoms with van der Waals surface area (Å²) in [5.74, 6) is -2.27. The van der Waals surface area contributed by atoms with Crippen molar-refractivity contribution in [3.05, 3.63) is 41.1 Å². The zero-order valence-corrected chi connectivity index (χ0v) is 19.7. The number of nitrogens with zero attached hydrogens (tertiary/aromatic N) is 1. The number of aliphatic carboxylic acids is 1. The third kappa shape index (κ3) is 5.36. The van der Waals surface area contributed by atoms with Gasteiger partial charge in [0, 0.05) is 11.6 Å². The first kappa shape index (κ1) is 24.7. The van der Waals surface area contributed by atoms with Gasteiger partial charge in [0.1, 0.15) is 34.5 Å². The fourth-order valence-electron chi connectivity index (χ4n) is 3.42. The van der Waals surface area contributed by atoms with Crippen molar-refractivity contribution in [2.24, 2.45) is 0 Å². The number of phenols is 1. The van der Waals surface area contributed by atoms with Crippen molar-refractivity contribution >= 4 is 47.2 Å². The molecule has 1 unspecified atom stereocenters. The van der Waals surface area contributed by atoms with Crippen LogP contribution in [0.2, 0.25) is 0 Å². The molecule has 3 amide bonds. The van der Waals surface area contributed by atoms with Crippen molar-refractivity contribution in [3.63, 3.8) is 0 Å². The molecule has 2 heterocycles. The molecule has 12 heteroatoms. The molecule has 4 N–H and O–H groups in total. The monoisotopic (exact) mass is 497 g/mol. The summed E-state index contributed by atoms with van der Waals surface area (Å²) >= 11 is 7.12. The van der Waals surface area contributed by atoms with Gasteiger partial charge in [0.05, 0.1) is 0 Å². The van der Waals surface area contributed by atoms with Crippen LogP contribution in [0.4, 0.5) is 4.79 Å². The Morgan fingerprint density at radius 1 is 1.27 bits per heavy atom. The number of rotatable bonds is 6. The minimum Gasteiger partial charge on any atom is -0.508 e. The van der Waals surface area contributed by atoms with Gasteiger partial charge in [-0.25, -0.2) is 9.59 Å². The summed E-state index contributed by atoms with van der Waals surface area (Å²) in [5, 5.41) is 23.5. The number of benzene rings is 1. The predicted molar refractivity (Wildman–Crippen MR) is 121 cm³/mol. The molecule has 1 aromatic carbocycles. The van der Waals surface area contributed by atoms with Crippen LogP contribution in [-0.2, 0) is 19.1 Å². The molecule has 2 aliphatic rings. The lowest BCUT2D eigenvalue weighted by Crippen LogP contribution is -2.71. The van der Waals surface area contributed by atoms with Crippen molar-refractivity contribution < 1.29 is 34.1 Å². The van der Waals surface area contributed by atoms with Crippen molar-refractivity contribution in [2.75, 3.05) is 11.6 Å². The molecule has 1 saturated heterocycles. The minimum absolute atomic E-state index is 0.0229. The summed E-state index contributed by atoms with van der Waals surface area (Å²) in [4.78, 5) is 51.0. The topological polar surface area (TPSA) is 145 Å². The van der Waals surface area contributed by atoms with Crippen LogP contribution >= 0.6 is 23.4 Å². The summed E-state index contributed by atoms with van der Waals surface area (Å²) in [5.41, 5.74) is -0.182. The third-order valence-corrected chi connectivity index (χ3v) is 6.52. The number of carbonyl (C=O) groups excluding carboxylic acids is 3. The summed E-state index contributed by atoms with van der Waals surface area (Å²) < 4.78 is 5.24. The van der Waals surface area contributed by atoms with Gasteiger partial charge < -0.3 is 25.6 Å². The molecule has 2 aliphatic heterocycles. The summed E-state index contributed by atoms with van der Waals surface area (Å²) in [6.45, 7) is 5.02. The SMILES string of the molecule is CC(C)(C)OC(=O)NC(C(=O)N[C@@H]1C(=O)N2C(C(=O)O)=C(CCl)CS[C@H]12)c1ccc(O)cc1. The van der Waals surface area contributed by atoms with E-state index in [4.69, 9.17) is 16.3 Å². The van der Waals surface area contributed by atoms with Crippen LogP contribution in [0, 0.1) is 0 Å². The number of carboxylic acid groups (broad SMARTS) is 1. The molecule has 10 nitrogen and oxygen atoms in total. The Labute approximate surface area is 199 Å². The van der Waals surface area contributed by atoms with Crippen molar-refractivity contribution in [1.82, 2.24) is 15.5 Å². The lowest BCUT2D eigenvalue weighted by molar-refractivity contribution is -0.151. The van der Waals surface area contributed by atoms with Gasteiger partial charge in [-0.15, -0.1) is 23.4 Å². The largest absolute Gasteiger partial charge is 0.508 e. The van der Waals surface area contributed by atoms with Crippen LogP contribution in [-0.4, -0.2) is 67.6 Å². The maximum absolute atomic E-state index is 13.1. The first-order valence-corrected chi connectivity index (χ1v) is 11.6. The van der Waals surface area contributed by atoms with Gasteiger partial charge in [-0.3, -0.25) is 14.5 Å². The van der Waals surface area contributed by atoms with Crippen LogP contribution in [0.25, 0.3) is 0 Å². The van der Waals surface area contributed by atoms with Gasteiger partial charge in [-0.1, -0.05) is 12.1 Å². The van der Waals surface area contributed by atoms with E-state index < -0.39 is 46.9 Å². The quantitative estimate of drug-likeness (QED) is 0.344. The van der Waals surface area contributed by atoms with E-state index in [1.165, 1.54) is 36.0 Å². The van der Waals surface area contributed by atoms with E-state index >= 15 is 0 Å². The zero-order valence-electron chi connectivity index (χ0n) is 18.1. The Hall–Kier alpha value is -2.92. The zero-order chi connectivity index (χ0) is 24.5. The second kappa shape index (κ2) is 9.52. The second-order valence-electron chi connectivity index (χ2n) is 8.46. The molecule has 0 bridgehead atoms. The van der Waals surface area contributed by atoms with E-state index in [9.17, 15) is 29.4 Å². The number of hydrogen-bond donors (Lipinski definition) is 4. The normalized spacial score (nSPS) is 21.0.